The highest BCUT2D eigenvalue weighted by Crippen LogP contribution is 2.10. The maximum Gasteiger partial charge on any atom is 0.151 e. The van der Waals surface area contributed by atoms with Crippen molar-refractivity contribution in [1.29, 1.82) is 0 Å². The van der Waals surface area contributed by atoms with E-state index in [2.05, 4.69) is 5.32 Å². The van der Waals surface area contributed by atoms with Gasteiger partial charge in [0.15, 0.2) is 9.84 Å². The third-order valence-electron chi connectivity index (χ3n) is 2.34. The van der Waals surface area contributed by atoms with Crippen molar-refractivity contribution in [3.05, 3.63) is 0 Å². The molecule has 1 saturated heterocycles. The fraction of sp³-hybridized carbons (Fsp3) is 1.00. The van der Waals surface area contributed by atoms with E-state index in [1.54, 1.807) is 7.11 Å². The highest BCUT2D eigenvalue weighted by atomic mass is 32.2. The van der Waals surface area contributed by atoms with Crippen molar-refractivity contribution < 1.29 is 17.9 Å². The molecule has 1 aliphatic rings. The van der Waals surface area contributed by atoms with E-state index >= 15 is 0 Å². The van der Waals surface area contributed by atoms with Crippen LogP contribution in [-0.2, 0) is 19.3 Å². The number of hydrogen-bond donors (Lipinski definition) is 1. The predicted molar refractivity (Wildman–Crippen MR) is 57.8 cm³/mol. The summed E-state index contributed by atoms with van der Waals surface area (Å²) in [6.45, 7) is 2.47. The molecule has 1 rings (SSSR count). The molecule has 1 aliphatic heterocycles. The van der Waals surface area contributed by atoms with Gasteiger partial charge in [0.05, 0.1) is 31.3 Å². The van der Waals surface area contributed by atoms with E-state index < -0.39 is 9.84 Å². The Balaban J connectivity index is 1.97. The van der Waals surface area contributed by atoms with Gasteiger partial charge in [-0.2, -0.15) is 0 Å². The lowest BCUT2D eigenvalue weighted by Gasteiger charge is -2.10. The van der Waals surface area contributed by atoms with Crippen molar-refractivity contribution in [3.63, 3.8) is 0 Å². The molecule has 6 heteroatoms. The minimum Gasteiger partial charge on any atom is -0.382 e. The third kappa shape index (κ3) is 5.46. The van der Waals surface area contributed by atoms with Gasteiger partial charge in [0.1, 0.15) is 0 Å². The van der Waals surface area contributed by atoms with Crippen LogP contribution in [0, 0.1) is 0 Å². The van der Waals surface area contributed by atoms with Gasteiger partial charge in [0.25, 0.3) is 0 Å². The van der Waals surface area contributed by atoms with Crippen LogP contribution in [0.25, 0.3) is 0 Å². The molecule has 5 nitrogen and oxygen atoms in total. The molecule has 0 aliphatic carbocycles. The van der Waals surface area contributed by atoms with Gasteiger partial charge in [-0.25, -0.2) is 8.42 Å². The Morgan fingerprint density at radius 2 is 2.13 bits per heavy atom. The zero-order chi connectivity index (χ0) is 11.1. The first-order valence-corrected chi connectivity index (χ1v) is 6.97. The molecule has 0 saturated carbocycles. The van der Waals surface area contributed by atoms with Crippen LogP contribution in [0.3, 0.4) is 0 Å². The Morgan fingerprint density at radius 3 is 2.73 bits per heavy atom. The maximum atomic E-state index is 11.1. The summed E-state index contributed by atoms with van der Waals surface area (Å²) in [5.74, 6) is 0.584. The fourth-order valence-electron chi connectivity index (χ4n) is 1.54. The monoisotopic (exact) mass is 237 g/mol. The van der Waals surface area contributed by atoms with Crippen molar-refractivity contribution in [2.75, 3.05) is 45.0 Å². The van der Waals surface area contributed by atoms with E-state index in [4.69, 9.17) is 9.47 Å². The molecule has 0 aromatic carbocycles. The average Bonchev–Trinajstić information content (AvgIpc) is 2.52. The largest absolute Gasteiger partial charge is 0.382 e. The Morgan fingerprint density at radius 1 is 1.33 bits per heavy atom. The number of hydrogen-bond acceptors (Lipinski definition) is 5. The molecule has 15 heavy (non-hydrogen) atoms. The Hall–Kier alpha value is -0.170. The number of sulfone groups is 1. The van der Waals surface area contributed by atoms with Gasteiger partial charge in [-0.1, -0.05) is 0 Å². The zero-order valence-corrected chi connectivity index (χ0v) is 9.88. The quantitative estimate of drug-likeness (QED) is 0.601. The summed E-state index contributed by atoms with van der Waals surface area (Å²) in [4.78, 5) is 0. The summed E-state index contributed by atoms with van der Waals surface area (Å²) in [6.07, 6.45) is 0.723. The molecule has 0 aromatic rings. The van der Waals surface area contributed by atoms with Crippen molar-refractivity contribution in [2.45, 2.75) is 12.5 Å². The fourth-order valence-corrected chi connectivity index (χ4v) is 3.24. The van der Waals surface area contributed by atoms with E-state index in [0.717, 1.165) is 6.42 Å². The molecule has 0 bridgehead atoms. The van der Waals surface area contributed by atoms with E-state index in [0.29, 0.717) is 32.1 Å². The molecular weight excluding hydrogens is 218 g/mol. The molecule has 1 heterocycles. The van der Waals surface area contributed by atoms with Crippen LogP contribution >= 0.6 is 0 Å². The molecule has 0 aromatic heterocycles. The third-order valence-corrected chi connectivity index (χ3v) is 4.11. The second-order valence-corrected chi connectivity index (χ2v) is 5.89. The first-order valence-electron chi connectivity index (χ1n) is 5.14. The van der Waals surface area contributed by atoms with Gasteiger partial charge in [-0.3, -0.25) is 0 Å². The highest BCUT2D eigenvalue weighted by Gasteiger charge is 2.26. The summed E-state index contributed by atoms with van der Waals surface area (Å²) in [5, 5.41) is 3.17. The van der Waals surface area contributed by atoms with Crippen LogP contribution in [0.4, 0.5) is 0 Å². The maximum absolute atomic E-state index is 11.1. The Kier molecular flexibility index (Phi) is 5.52. The first-order chi connectivity index (χ1) is 7.14. The van der Waals surface area contributed by atoms with E-state index in [-0.39, 0.29) is 11.8 Å². The van der Waals surface area contributed by atoms with Crippen LogP contribution in [0.15, 0.2) is 0 Å². The molecule has 0 radical (unpaired) electrons. The molecule has 1 unspecified atom stereocenters. The van der Waals surface area contributed by atoms with Crippen LogP contribution in [0.2, 0.25) is 0 Å². The minimum absolute atomic E-state index is 0.112. The second kappa shape index (κ2) is 6.42. The predicted octanol–water partition coefficient (Wildman–Crippen LogP) is -0.574. The van der Waals surface area contributed by atoms with Crippen molar-refractivity contribution >= 4 is 9.84 Å². The SMILES string of the molecule is COCCOCCNC1CCS(=O)(=O)C1. The summed E-state index contributed by atoms with van der Waals surface area (Å²) in [7, 11) is -1.14. The van der Waals surface area contributed by atoms with Crippen LogP contribution in [-0.4, -0.2) is 59.4 Å². The van der Waals surface area contributed by atoms with E-state index in [1.165, 1.54) is 0 Å². The highest BCUT2D eigenvalue weighted by molar-refractivity contribution is 7.91. The van der Waals surface area contributed by atoms with Gasteiger partial charge < -0.3 is 14.8 Å². The van der Waals surface area contributed by atoms with E-state index in [1.807, 2.05) is 0 Å². The van der Waals surface area contributed by atoms with Crippen LogP contribution in [0.5, 0.6) is 0 Å². The lowest BCUT2D eigenvalue weighted by molar-refractivity contribution is 0.0713. The van der Waals surface area contributed by atoms with Gasteiger partial charge >= 0.3 is 0 Å². The molecule has 0 amide bonds. The molecule has 1 fully saturated rings. The van der Waals surface area contributed by atoms with Gasteiger partial charge in [0, 0.05) is 19.7 Å². The standard InChI is InChI=1S/C9H19NO4S/c1-13-5-6-14-4-3-10-9-2-7-15(11,12)8-9/h9-10H,2-8H2,1H3. The van der Waals surface area contributed by atoms with E-state index in [9.17, 15) is 8.42 Å². The molecular formula is C9H19NO4S. The second-order valence-electron chi connectivity index (χ2n) is 3.66. The average molecular weight is 237 g/mol. The molecule has 0 spiro atoms. The van der Waals surface area contributed by atoms with Gasteiger partial charge in [-0.15, -0.1) is 0 Å². The Bertz CT molecular complexity index is 265. The minimum atomic E-state index is -2.77. The lowest BCUT2D eigenvalue weighted by atomic mass is 10.3. The van der Waals surface area contributed by atoms with Crippen molar-refractivity contribution in [3.8, 4) is 0 Å². The normalized spacial score (nSPS) is 24.5. The van der Waals surface area contributed by atoms with Crippen LogP contribution in [0.1, 0.15) is 6.42 Å². The number of methoxy groups -OCH3 is 1. The van der Waals surface area contributed by atoms with Crippen molar-refractivity contribution in [1.82, 2.24) is 5.32 Å². The number of ether oxygens (including phenoxy) is 2. The van der Waals surface area contributed by atoms with Gasteiger partial charge in [-0.05, 0) is 6.42 Å². The molecule has 90 valence electrons. The Labute approximate surface area is 91.1 Å². The van der Waals surface area contributed by atoms with Gasteiger partial charge in [0.2, 0.25) is 0 Å². The summed E-state index contributed by atoms with van der Waals surface area (Å²) < 4.78 is 32.3. The molecule has 1 N–H and O–H groups in total. The van der Waals surface area contributed by atoms with Crippen LogP contribution < -0.4 is 5.32 Å². The molecule has 1 atom stereocenters. The topological polar surface area (TPSA) is 64.6 Å². The summed E-state index contributed by atoms with van der Waals surface area (Å²) >= 11 is 0. The lowest BCUT2D eigenvalue weighted by Crippen LogP contribution is -2.33. The summed E-state index contributed by atoms with van der Waals surface area (Å²) in [6, 6.07) is 0.112. The van der Waals surface area contributed by atoms with Crippen molar-refractivity contribution in [2.24, 2.45) is 0 Å². The first kappa shape index (κ1) is 12.9. The summed E-state index contributed by atoms with van der Waals surface area (Å²) in [5.41, 5.74) is 0. The number of nitrogens with one attached hydrogen (secondary N) is 1. The smallest absolute Gasteiger partial charge is 0.151 e. The zero-order valence-electron chi connectivity index (χ0n) is 9.07. The number of rotatable bonds is 7.